The van der Waals surface area contributed by atoms with Crippen LogP contribution in [0.4, 0.5) is 4.39 Å². The van der Waals surface area contributed by atoms with Crippen molar-refractivity contribution in [3.05, 3.63) is 76.9 Å². The molecule has 0 spiro atoms. The number of aryl methyl sites for hydroxylation is 1. The van der Waals surface area contributed by atoms with Gasteiger partial charge in [0.1, 0.15) is 5.82 Å². The zero-order chi connectivity index (χ0) is 21.5. The zero-order valence-electron chi connectivity index (χ0n) is 16.3. The summed E-state index contributed by atoms with van der Waals surface area (Å²) in [5.74, 6) is -1.00. The second-order valence-corrected chi connectivity index (χ2v) is 6.17. The van der Waals surface area contributed by atoms with Crippen molar-refractivity contribution in [2.45, 2.75) is 13.8 Å². The van der Waals surface area contributed by atoms with Gasteiger partial charge in [0.05, 0.1) is 18.4 Å². The first kappa shape index (κ1) is 20.7. The molecule has 0 bridgehead atoms. The van der Waals surface area contributed by atoms with Gasteiger partial charge in [0, 0.05) is 5.69 Å². The van der Waals surface area contributed by atoms with E-state index < -0.39 is 17.7 Å². The highest BCUT2D eigenvalue weighted by molar-refractivity contribution is 5.93. The van der Waals surface area contributed by atoms with E-state index >= 15 is 0 Å². The van der Waals surface area contributed by atoms with E-state index in [2.05, 4.69) is 20.7 Å². The van der Waals surface area contributed by atoms with Crippen LogP contribution in [-0.2, 0) is 0 Å². The molecular formula is C21H19FN4O4. The SMILES string of the molecule is CCOc1cc(/C=N/NC(=O)c2cc(C)[nH]n2)ccc1OC(=O)c1ccc(F)cc1. The molecule has 0 saturated heterocycles. The maximum absolute atomic E-state index is 13.0. The highest BCUT2D eigenvalue weighted by atomic mass is 19.1. The Morgan fingerprint density at radius 2 is 1.93 bits per heavy atom. The fourth-order valence-corrected chi connectivity index (χ4v) is 2.46. The Morgan fingerprint density at radius 3 is 2.60 bits per heavy atom. The number of aromatic amines is 1. The Morgan fingerprint density at radius 1 is 1.17 bits per heavy atom. The van der Waals surface area contributed by atoms with Gasteiger partial charge in [-0.3, -0.25) is 9.89 Å². The Balaban J connectivity index is 1.70. The molecule has 30 heavy (non-hydrogen) atoms. The molecule has 1 aromatic heterocycles. The Bertz CT molecular complexity index is 1080. The molecule has 3 aromatic rings. The fraction of sp³-hybridized carbons (Fsp3) is 0.143. The number of carbonyl (C=O) groups excluding carboxylic acids is 2. The van der Waals surface area contributed by atoms with Gasteiger partial charge in [0.2, 0.25) is 0 Å². The molecule has 9 heteroatoms. The first-order chi connectivity index (χ1) is 14.5. The van der Waals surface area contributed by atoms with Crippen LogP contribution < -0.4 is 14.9 Å². The number of amides is 1. The summed E-state index contributed by atoms with van der Waals surface area (Å²) in [6, 6.07) is 11.4. The largest absolute Gasteiger partial charge is 0.490 e. The molecule has 0 radical (unpaired) electrons. The van der Waals surface area contributed by atoms with Crippen molar-refractivity contribution in [1.29, 1.82) is 0 Å². The molecule has 0 aliphatic heterocycles. The molecule has 3 rings (SSSR count). The third-order valence-corrected chi connectivity index (χ3v) is 3.87. The standard InChI is InChI=1S/C21H19FN4O4/c1-3-29-19-11-14(12-23-26-20(27)17-10-13(2)24-25-17)4-9-18(19)30-21(28)15-5-7-16(22)8-6-15/h4-12H,3H2,1-2H3,(H,24,25)(H,26,27)/b23-12+. The zero-order valence-corrected chi connectivity index (χ0v) is 16.3. The van der Waals surface area contributed by atoms with E-state index in [1.165, 1.54) is 30.5 Å². The topological polar surface area (TPSA) is 106 Å². The minimum absolute atomic E-state index is 0.208. The lowest BCUT2D eigenvalue weighted by atomic mass is 10.2. The van der Waals surface area contributed by atoms with Crippen molar-refractivity contribution in [2.75, 3.05) is 6.61 Å². The molecule has 2 aromatic carbocycles. The number of benzene rings is 2. The predicted octanol–water partition coefficient (Wildman–Crippen LogP) is 3.24. The number of rotatable bonds is 7. The second kappa shape index (κ2) is 9.46. The molecule has 0 saturated carbocycles. The Labute approximate surface area is 171 Å². The summed E-state index contributed by atoms with van der Waals surface area (Å²) in [4.78, 5) is 24.2. The summed E-state index contributed by atoms with van der Waals surface area (Å²) in [5, 5.41) is 10.4. The van der Waals surface area contributed by atoms with Crippen LogP contribution in [0.25, 0.3) is 0 Å². The van der Waals surface area contributed by atoms with E-state index in [-0.39, 0.29) is 17.0 Å². The molecule has 0 unspecified atom stereocenters. The van der Waals surface area contributed by atoms with Crippen LogP contribution >= 0.6 is 0 Å². The second-order valence-electron chi connectivity index (χ2n) is 6.17. The maximum Gasteiger partial charge on any atom is 0.343 e. The molecule has 154 valence electrons. The number of hydrogen-bond donors (Lipinski definition) is 2. The normalized spacial score (nSPS) is 10.8. The lowest BCUT2D eigenvalue weighted by Crippen LogP contribution is -2.18. The van der Waals surface area contributed by atoms with Crippen LogP contribution in [0.15, 0.2) is 53.6 Å². The number of ether oxygens (including phenoxy) is 2. The van der Waals surface area contributed by atoms with Gasteiger partial charge in [-0.1, -0.05) is 0 Å². The average molecular weight is 410 g/mol. The van der Waals surface area contributed by atoms with Crippen LogP contribution in [0.3, 0.4) is 0 Å². The maximum atomic E-state index is 13.0. The highest BCUT2D eigenvalue weighted by Crippen LogP contribution is 2.29. The quantitative estimate of drug-likeness (QED) is 0.269. The summed E-state index contributed by atoms with van der Waals surface area (Å²) in [7, 11) is 0. The van der Waals surface area contributed by atoms with Gasteiger partial charge >= 0.3 is 5.97 Å². The number of halogens is 1. The summed E-state index contributed by atoms with van der Waals surface area (Å²) < 4.78 is 23.9. The first-order valence-electron chi connectivity index (χ1n) is 9.06. The molecule has 0 aliphatic rings. The van der Waals surface area contributed by atoms with Gasteiger partial charge in [-0.25, -0.2) is 14.6 Å². The predicted molar refractivity (Wildman–Crippen MR) is 107 cm³/mol. The Kier molecular flexibility index (Phi) is 6.53. The van der Waals surface area contributed by atoms with E-state index in [1.54, 1.807) is 38.1 Å². The van der Waals surface area contributed by atoms with E-state index in [9.17, 15) is 14.0 Å². The van der Waals surface area contributed by atoms with Gasteiger partial charge in [-0.2, -0.15) is 10.2 Å². The summed E-state index contributed by atoms with van der Waals surface area (Å²) >= 11 is 0. The van der Waals surface area contributed by atoms with E-state index in [0.717, 1.165) is 5.69 Å². The van der Waals surface area contributed by atoms with Crippen molar-refractivity contribution in [2.24, 2.45) is 5.10 Å². The average Bonchev–Trinajstić information content (AvgIpc) is 3.17. The van der Waals surface area contributed by atoms with Crippen molar-refractivity contribution < 1.29 is 23.5 Å². The number of nitrogens with zero attached hydrogens (tertiary/aromatic N) is 2. The number of hydrogen-bond acceptors (Lipinski definition) is 6. The third kappa shape index (κ3) is 5.28. The monoisotopic (exact) mass is 410 g/mol. The summed E-state index contributed by atoms with van der Waals surface area (Å²) in [6.07, 6.45) is 1.42. The van der Waals surface area contributed by atoms with Crippen molar-refractivity contribution >= 4 is 18.1 Å². The smallest absolute Gasteiger partial charge is 0.343 e. The molecule has 8 nitrogen and oxygen atoms in total. The van der Waals surface area contributed by atoms with Gasteiger partial charge in [-0.15, -0.1) is 0 Å². The lowest BCUT2D eigenvalue weighted by Gasteiger charge is -2.11. The van der Waals surface area contributed by atoms with Gasteiger partial charge in [0.15, 0.2) is 17.2 Å². The minimum atomic E-state index is -0.640. The molecular weight excluding hydrogens is 391 g/mol. The number of hydrazone groups is 1. The molecule has 1 amide bonds. The Hall–Kier alpha value is -4.01. The number of esters is 1. The first-order valence-corrected chi connectivity index (χ1v) is 9.06. The molecule has 2 N–H and O–H groups in total. The number of H-pyrrole nitrogens is 1. The lowest BCUT2D eigenvalue weighted by molar-refractivity contribution is 0.0728. The van der Waals surface area contributed by atoms with Crippen LogP contribution in [0.2, 0.25) is 0 Å². The van der Waals surface area contributed by atoms with Crippen LogP contribution in [-0.4, -0.2) is 34.9 Å². The van der Waals surface area contributed by atoms with E-state index in [0.29, 0.717) is 17.9 Å². The van der Waals surface area contributed by atoms with Gasteiger partial charge in [0.25, 0.3) is 5.91 Å². The van der Waals surface area contributed by atoms with E-state index in [4.69, 9.17) is 9.47 Å². The van der Waals surface area contributed by atoms with Gasteiger partial charge < -0.3 is 9.47 Å². The van der Waals surface area contributed by atoms with Crippen molar-refractivity contribution in [3.8, 4) is 11.5 Å². The molecule has 0 fully saturated rings. The third-order valence-electron chi connectivity index (χ3n) is 3.87. The van der Waals surface area contributed by atoms with Crippen LogP contribution in [0.1, 0.15) is 39.0 Å². The summed E-state index contributed by atoms with van der Waals surface area (Å²) in [6.45, 7) is 3.92. The fourth-order valence-electron chi connectivity index (χ4n) is 2.46. The van der Waals surface area contributed by atoms with E-state index in [1.807, 2.05) is 0 Å². The number of nitrogens with one attached hydrogen (secondary N) is 2. The molecule has 0 aliphatic carbocycles. The van der Waals surface area contributed by atoms with Gasteiger partial charge in [-0.05, 0) is 67.9 Å². The number of carbonyl (C=O) groups is 2. The molecule has 0 atom stereocenters. The van der Waals surface area contributed by atoms with Crippen molar-refractivity contribution in [1.82, 2.24) is 15.6 Å². The molecule has 1 heterocycles. The van der Waals surface area contributed by atoms with Crippen molar-refractivity contribution in [3.63, 3.8) is 0 Å². The van der Waals surface area contributed by atoms with Crippen LogP contribution in [0, 0.1) is 12.7 Å². The summed E-state index contributed by atoms with van der Waals surface area (Å²) in [5.41, 5.74) is 4.18. The highest BCUT2D eigenvalue weighted by Gasteiger charge is 2.13. The minimum Gasteiger partial charge on any atom is -0.490 e. The number of aromatic nitrogens is 2. The van der Waals surface area contributed by atoms with Crippen LogP contribution in [0.5, 0.6) is 11.5 Å².